The maximum Gasteiger partial charge on any atom is 0.328 e. The molecule has 0 radical (unpaired) electrons. The van der Waals surface area contributed by atoms with Crippen LogP contribution in [-0.4, -0.2) is 28.1 Å². The SMILES string of the molecule is C[C@H](NC(=O)c1ccccc1)C(=O)OCc1nc(-c2ccc(Cl)cc2)no1. The molecule has 0 aliphatic carbocycles. The number of carbonyl (C=O) groups excluding carboxylic acids is 2. The highest BCUT2D eigenvalue weighted by Crippen LogP contribution is 2.18. The molecular formula is C19H16ClN3O4. The van der Waals surface area contributed by atoms with Crippen LogP contribution in [0.25, 0.3) is 11.4 Å². The summed E-state index contributed by atoms with van der Waals surface area (Å²) in [5, 5.41) is 7.01. The lowest BCUT2D eigenvalue weighted by Gasteiger charge is -2.12. The number of amides is 1. The third-order valence-electron chi connectivity index (χ3n) is 3.65. The van der Waals surface area contributed by atoms with Crippen molar-refractivity contribution in [3.63, 3.8) is 0 Å². The van der Waals surface area contributed by atoms with Gasteiger partial charge in [0, 0.05) is 16.1 Å². The van der Waals surface area contributed by atoms with Crippen molar-refractivity contribution in [1.82, 2.24) is 15.5 Å². The minimum Gasteiger partial charge on any atom is -0.454 e. The number of benzene rings is 2. The number of nitrogens with one attached hydrogen (secondary N) is 1. The monoisotopic (exact) mass is 385 g/mol. The van der Waals surface area contributed by atoms with E-state index in [2.05, 4.69) is 15.5 Å². The molecule has 8 heteroatoms. The summed E-state index contributed by atoms with van der Waals surface area (Å²) in [5.41, 5.74) is 1.19. The summed E-state index contributed by atoms with van der Waals surface area (Å²) < 4.78 is 10.2. The number of esters is 1. The van der Waals surface area contributed by atoms with Crippen LogP contribution in [0, 0.1) is 0 Å². The lowest BCUT2D eigenvalue weighted by Crippen LogP contribution is -2.39. The molecule has 0 fully saturated rings. The van der Waals surface area contributed by atoms with Crippen LogP contribution in [0.1, 0.15) is 23.2 Å². The van der Waals surface area contributed by atoms with Crippen molar-refractivity contribution in [3.05, 3.63) is 71.1 Å². The van der Waals surface area contributed by atoms with Gasteiger partial charge in [-0.2, -0.15) is 4.98 Å². The van der Waals surface area contributed by atoms with Crippen molar-refractivity contribution >= 4 is 23.5 Å². The van der Waals surface area contributed by atoms with E-state index in [-0.39, 0.29) is 18.4 Å². The van der Waals surface area contributed by atoms with Crippen molar-refractivity contribution in [2.75, 3.05) is 0 Å². The molecular weight excluding hydrogens is 370 g/mol. The molecule has 0 aliphatic heterocycles. The van der Waals surface area contributed by atoms with Gasteiger partial charge >= 0.3 is 5.97 Å². The topological polar surface area (TPSA) is 94.3 Å². The van der Waals surface area contributed by atoms with E-state index in [4.69, 9.17) is 20.9 Å². The maximum atomic E-state index is 12.1. The van der Waals surface area contributed by atoms with E-state index in [1.54, 1.807) is 54.6 Å². The molecule has 1 heterocycles. The number of hydrogen-bond donors (Lipinski definition) is 1. The number of nitrogens with zero attached hydrogens (tertiary/aromatic N) is 2. The second-order valence-corrected chi connectivity index (χ2v) is 6.12. The number of hydrogen-bond acceptors (Lipinski definition) is 6. The molecule has 0 saturated carbocycles. The third kappa shape index (κ3) is 4.92. The smallest absolute Gasteiger partial charge is 0.328 e. The van der Waals surface area contributed by atoms with Crippen LogP contribution in [0.3, 0.4) is 0 Å². The minimum atomic E-state index is -0.823. The Kier molecular flexibility index (Phi) is 5.83. The van der Waals surface area contributed by atoms with Crippen molar-refractivity contribution in [2.24, 2.45) is 0 Å². The van der Waals surface area contributed by atoms with Gasteiger partial charge in [-0.1, -0.05) is 35.0 Å². The Balaban J connectivity index is 1.53. The Labute approximate surface area is 160 Å². The molecule has 1 amide bonds. The summed E-state index contributed by atoms with van der Waals surface area (Å²) in [6.07, 6.45) is 0. The van der Waals surface area contributed by atoms with Gasteiger partial charge in [0.25, 0.3) is 11.8 Å². The van der Waals surface area contributed by atoms with E-state index in [9.17, 15) is 9.59 Å². The number of aromatic nitrogens is 2. The third-order valence-corrected chi connectivity index (χ3v) is 3.90. The maximum absolute atomic E-state index is 12.1. The molecule has 0 saturated heterocycles. The van der Waals surface area contributed by atoms with E-state index in [0.717, 1.165) is 5.56 Å². The average Bonchev–Trinajstić information content (AvgIpc) is 3.16. The molecule has 1 atom stereocenters. The van der Waals surface area contributed by atoms with Crippen LogP contribution in [0.4, 0.5) is 0 Å². The van der Waals surface area contributed by atoms with Gasteiger partial charge in [-0.25, -0.2) is 4.79 Å². The first kappa shape index (κ1) is 18.6. The summed E-state index contributed by atoms with van der Waals surface area (Å²) in [7, 11) is 0. The zero-order chi connectivity index (χ0) is 19.2. The highest BCUT2D eigenvalue weighted by Gasteiger charge is 2.19. The molecule has 7 nitrogen and oxygen atoms in total. The predicted molar refractivity (Wildman–Crippen MR) is 97.9 cm³/mol. The Morgan fingerprint density at radius 3 is 2.56 bits per heavy atom. The fourth-order valence-corrected chi connectivity index (χ4v) is 2.34. The lowest BCUT2D eigenvalue weighted by atomic mass is 10.2. The van der Waals surface area contributed by atoms with Crippen LogP contribution in [0.15, 0.2) is 59.1 Å². The number of rotatable bonds is 6. The van der Waals surface area contributed by atoms with Gasteiger partial charge in [-0.05, 0) is 43.3 Å². The summed E-state index contributed by atoms with van der Waals surface area (Å²) in [6.45, 7) is 1.35. The van der Waals surface area contributed by atoms with E-state index in [1.165, 1.54) is 6.92 Å². The van der Waals surface area contributed by atoms with Gasteiger partial charge in [-0.3, -0.25) is 4.79 Å². The number of ether oxygens (including phenoxy) is 1. The summed E-state index contributed by atoms with van der Waals surface area (Å²) in [5.74, 6) is -0.452. The second-order valence-electron chi connectivity index (χ2n) is 5.69. The molecule has 27 heavy (non-hydrogen) atoms. The molecule has 0 aliphatic rings. The molecule has 0 spiro atoms. The zero-order valence-corrected chi connectivity index (χ0v) is 15.1. The number of carbonyl (C=O) groups is 2. The molecule has 0 bridgehead atoms. The van der Waals surface area contributed by atoms with Gasteiger partial charge < -0.3 is 14.6 Å². The fourth-order valence-electron chi connectivity index (χ4n) is 2.22. The van der Waals surface area contributed by atoms with Crippen molar-refractivity contribution in [3.8, 4) is 11.4 Å². The van der Waals surface area contributed by atoms with Crippen LogP contribution in [0.5, 0.6) is 0 Å². The number of halogens is 1. The Morgan fingerprint density at radius 2 is 1.85 bits per heavy atom. The molecule has 1 N–H and O–H groups in total. The summed E-state index contributed by atoms with van der Waals surface area (Å²) in [4.78, 5) is 28.3. The molecule has 1 aromatic heterocycles. The largest absolute Gasteiger partial charge is 0.454 e. The first-order chi connectivity index (χ1) is 13.0. The van der Waals surface area contributed by atoms with E-state index < -0.39 is 12.0 Å². The normalized spacial score (nSPS) is 11.6. The van der Waals surface area contributed by atoms with Crippen molar-refractivity contribution in [1.29, 1.82) is 0 Å². The second kappa shape index (κ2) is 8.46. The summed E-state index contributed by atoms with van der Waals surface area (Å²) >= 11 is 5.84. The molecule has 0 unspecified atom stereocenters. The minimum absolute atomic E-state index is 0.148. The van der Waals surface area contributed by atoms with Gasteiger partial charge in [-0.15, -0.1) is 0 Å². The van der Waals surface area contributed by atoms with Crippen LogP contribution in [-0.2, 0) is 16.1 Å². The van der Waals surface area contributed by atoms with Crippen LogP contribution in [0.2, 0.25) is 5.02 Å². The molecule has 2 aromatic carbocycles. The molecule has 3 aromatic rings. The van der Waals surface area contributed by atoms with E-state index in [0.29, 0.717) is 16.4 Å². The summed E-state index contributed by atoms with van der Waals surface area (Å²) in [6, 6.07) is 14.7. The Morgan fingerprint density at radius 1 is 1.15 bits per heavy atom. The zero-order valence-electron chi connectivity index (χ0n) is 14.4. The highest BCUT2D eigenvalue weighted by molar-refractivity contribution is 6.30. The Hall–Kier alpha value is -3.19. The van der Waals surface area contributed by atoms with Crippen LogP contribution < -0.4 is 5.32 Å². The predicted octanol–water partition coefficient (Wildman–Crippen LogP) is 3.25. The quantitative estimate of drug-likeness (QED) is 0.654. The Bertz CT molecular complexity index is 926. The average molecular weight is 386 g/mol. The first-order valence-corrected chi connectivity index (χ1v) is 8.52. The highest BCUT2D eigenvalue weighted by atomic mass is 35.5. The van der Waals surface area contributed by atoms with Crippen molar-refractivity contribution < 1.29 is 18.8 Å². The van der Waals surface area contributed by atoms with Gasteiger partial charge in [0.2, 0.25) is 5.82 Å². The van der Waals surface area contributed by atoms with Crippen LogP contribution >= 0.6 is 11.6 Å². The first-order valence-electron chi connectivity index (χ1n) is 8.14. The van der Waals surface area contributed by atoms with Gasteiger partial charge in [0.1, 0.15) is 6.04 Å². The fraction of sp³-hybridized carbons (Fsp3) is 0.158. The van der Waals surface area contributed by atoms with Gasteiger partial charge in [0.15, 0.2) is 6.61 Å². The molecule has 3 rings (SSSR count). The molecule has 138 valence electrons. The standard InChI is InChI=1S/C19H16ClN3O4/c1-12(21-18(24)14-5-3-2-4-6-14)19(25)26-11-16-22-17(23-27-16)13-7-9-15(20)10-8-13/h2-10,12H,11H2,1H3,(H,21,24)/t12-/m0/s1. The van der Waals surface area contributed by atoms with E-state index >= 15 is 0 Å². The van der Waals surface area contributed by atoms with Crippen molar-refractivity contribution in [2.45, 2.75) is 19.6 Å². The van der Waals surface area contributed by atoms with E-state index in [1.807, 2.05) is 0 Å². The van der Waals surface area contributed by atoms with Gasteiger partial charge in [0.05, 0.1) is 0 Å². The lowest BCUT2D eigenvalue weighted by molar-refractivity contribution is -0.147.